The first kappa shape index (κ1) is 15.3. The third-order valence-electron chi connectivity index (χ3n) is 3.73. The average molecular weight is 291 g/mol. The van der Waals surface area contributed by atoms with Gasteiger partial charge in [0.25, 0.3) is 0 Å². The number of nitrogens with one attached hydrogen (secondary N) is 2. The zero-order valence-corrected chi connectivity index (χ0v) is 12.0. The molecule has 0 bridgehead atoms. The number of quaternary nitrogens is 1. The fourth-order valence-corrected chi connectivity index (χ4v) is 2.52. The van der Waals surface area contributed by atoms with Crippen LogP contribution in [0.15, 0.2) is 30.3 Å². The number of piperazine rings is 1. The largest absolute Gasteiger partial charge is 0.548 e. The van der Waals surface area contributed by atoms with Crippen molar-refractivity contribution in [2.45, 2.75) is 6.42 Å². The highest BCUT2D eigenvalue weighted by Gasteiger charge is 2.20. The van der Waals surface area contributed by atoms with E-state index in [9.17, 15) is 14.7 Å². The van der Waals surface area contributed by atoms with Gasteiger partial charge in [-0.25, -0.2) is 0 Å². The number of carbonyl (C=O) groups excluding carboxylic acids is 2. The van der Waals surface area contributed by atoms with Crippen molar-refractivity contribution in [1.82, 2.24) is 5.32 Å². The Balaban J connectivity index is 1.67. The fourth-order valence-electron chi connectivity index (χ4n) is 2.52. The van der Waals surface area contributed by atoms with Crippen molar-refractivity contribution in [1.29, 1.82) is 0 Å². The third kappa shape index (κ3) is 5.07. The topological polar surface area (TPSA) is 76.9 Å². The Bertz CT molecular complexity index is 470. The Morgan fingerprint density at radius 3 is 2.48 bits per heavy atom. The van der Waals surface area contributed by atoms with E-state index in [0.717, 1.165) is 32.7 Å². The SMILES string of the molecule is O=C([O-])CNC(=O)CC[NH+]1CCN(c2ccccc2)CC1. The minimum Gasteiger partial charge on any atom is -0.548 e. The van der Waals surface area contributed by atoms with Crippen LogP contribution < -0.4 is 20.2 Å². The molecule has 0 aliphatic carbocycles. The van der Waals surface area contributed by atoms with Gasteiger partial charge in [-0.2, -0.15) is 0 Å². The maximum atomic E-state index is 11.4. The van der Waals surface area contributed by atoms with Gasteiger partial charge in [-0.15, -0.1) is 0 Å². The molecule has 0 aromatic heterocycles. The standard InChI is InChI=1S/C15H21N3O3/c19-14(16-12-15(20)21)6-7-17-8-10-18(11-9-17)13-4-2-1-3-5-13/h1-5H,6-12H2,(H,16,19)(H,20,21). The lowest BCUT2D eigenvalue weighted by Gasteiger charge is -2.33. The second kappa shape index (κ2) is 7.64. The van der Waals surface area contributed by atoms with Gasteiger partial charge in [0.15, 0.2) is 0 Å². The average Bonchev–Trinajstić information content (AvgIpc) is 2.52. The number of rotatable bonds is 6. The van der Waals surface area contributed by atoms with Crippen LogP contribution in [0, 0.1) is 0 Å². The summed E-state index contributed by atoms with van der Waals surface area (Å²) < 4.78 is 0. The number of anilines is 1. The first-order valence-corrected chi connectivity index (χ1v) is 7.25. The minimum atomic E-state index is -1.26. The van der Waals surface area contributed by atoms with Crippen LogP contribution in [-0.2, 0) is 9.59 Å². The third-order valence-corrected chi connectivity index (χ3v) is 3.73. The number of hydrogen-bond acceptors (Lipinski definition) is 4. The fraction of sp³-hybridized carbons (Fsp3) is 0.467. The van der Waals surface area contributed by atoms with Crippen LogP contribution in [0.5, 0.6) is 0 Å². The summed E-state index contributed by atoms with van der Waals surface area (Å²) in [6.07, 6.45) is 0.355. The molecule has 2 rings (SSSR count). The molecular weight excluding hydrogens is 270 g/mol. The first-order chi connectivity index (χ1) is 10.1. The molecule has 6 heteroatoms. The quantitative estimate of drug-likeness (QED) is 0.615. The normalized spacial score (nSPS) is 15.7. The van der Waals surface area contributed by atoms with Gasteiger partial charge in [-0.05, 0) is 12.1 Å². The number of carboxylic acids is 1. The second-order valence-electron chi connectivity index (χ2n) is 5.22. The van der Waals surface area contributed by atoms with E-state index in [2.05, 4.69) is 22.3 Å². The van der Waals surface area contributed by atoms with Crippen molar-refractivity contribution < 1.29 is 19.6 Å². The van der Waals surface area contributed by atoms with Crippen molar-refractivity contribution in [3.05, 3.63) is 30.3 Å². The smallest absolute Gasteiger partial charge is 0.225 e. The maximum absolute atomic E-state index is 11.4. The Morgan fingerprint density at radius 1 is 1.19 bits per heavy atom. The van der Waals surface area contributed by atoms with Gasteiger partial charge in [-0.3, -0.25) is 4.79 Å². The number of aliphatic carboxylic acids is 1. The Morgan fingerprint density at radius 2 is 1.86 bits per heavy atom. The molecule has 114 valence electrons. The van der Waals surface area contributed by atoms with E-state index in [1.54, 1.807) is 0 Å². The summed E-state index contributed by atoms with van der Waals surface area (Å²) in [7, 11) is 0. The molecule has 1 aliphatic rings. The predicted octanol–water partition coefficient (Wildman–Crippen LogP) is -2.35. The summed E-state index contributed by atoms with van der Waals surface area (Å²) >= 11 is 0. The van der Waals surface area contributed by atoms with Gasteiger partial charge in [0.05, 0.1) is 51.7 Å². The molecule has 0 unspecified atom stereocenters. The van der Waals surface area contributed by atoms with Crippen molar-refractivity contribution in [2.24, 2.45) is 0 Å². The number of nitrogens with zero attached hydrogens (tertiary/aromatic N) is 1. The van der Waals surface area contributed by atoms with E-state index < -0.39 is 12.5 Å². The molecule has 1 heterocycles. The summed E-state index contributed by atoms with van der Waals surface area (Å²) in [6, 6.07) is 10.3. The van der Waals surface area contributed by atoms with Crippen molar-refractivity contribution in [3.63, 3.8) is 0 Å². The van der Waals surface area contributed by atoms with E-state index >= 15 is 0 Å². The second-order valence-corrected chi connectivity index (χ2v) is 5.22. The summed E-state index contributed by atoms with van der Waals surface area (Å²) in [5.41, 5.74) is 1.24. The molecule has 1 fully saturated rings. The van der Waals surface area contributed by atoms with E-state index in [1.165, 1.54) is 10.6 Å². The van der Waals surface area contributed by atoms with E-state index in [4.69, 9.17) is 0 Å². The van der Waals surface area contributed by atoms with Crippen molar-refractivity contribution >= 4 is 17.6 Å². The van der Waals surface area contributed by atoms with E-state index in [1.807, 2.05) is 18.2 Å². The number of benzene rings is 1. The van der Waals surface area contributed by atoms with Crippen LogP contribution in [-0.4, -0.2) is 51.1 Å². The summed E-state index contributed by atoms with van der Waals surface area (Å²) in [6.45, 7) is 4.25. The lowest BCUT2D eigenvalue weighted by molar-refractivity contribution is -0.900. The molecule has 2 N–H and O–H groups in total. The number of carboxylic acid groups (broad SMARTS) is 1. The number of amides is 1. The highest BCUT2D eigenvalue weighted by atomic mass is 16.4. The lowest BCUT2D eigenvalue weighted by Crippen LogP contribution is -3.15. The van der Waals surface area contributed by atoms with Crippen LogP contribution in [0.4, 0.5) is 5.69 Å². The van der Waals surface area contributed by atoms with Crippen molar-refractivity contribution in [3.8, 4) is 0 Å². The molecular formula is C15H21N3O3. The molecule has 0 spiro atoms. The molecule has 1 saturated heterocycles. The molecule has 1 amide bonds. The molecule has 1 aromatic carbocycles. The van der Waals surface area contributed by atoms with Gasteiger partial charge in [-0.1, -0.05) is 18.2 Å². The molecule has 6 nitrogen and oxygen atoms in total. The van der Waals surface area contributed by atoms with Crippen LogP contribution >= 0.6 is 0 Å². The monoisotopic (exact) mass is 291 g/mol. The van der Waals surface area contributed by atoms with E-state index in [0.29, 0.717) is 6.42 Å². The number of hydrogen-bond donors (Lipinski definition) is 2. The number of carbonyl (C=O) groups is 2. The van der Waals surface area contributed by atoms with Gasteiger partial charge in [0, 0.05) is 5.69 Å². The van der Waals surface area contributed by atoms with Crippen LogP contribution in [0.3, 0.4) is 0 Å². The Labute approximate surface area is 124 Å². The van der Waals surface area contributed by atoms with Gasteiger partial charge >= 0.3 is 0 Å². The summed E-state index contributed by atoms with van der Waals surface area (Å²) in [4.78, 5) is 25.4. The first-order valence-electron chi connectivity index (χ1n) is 7.25. The molecule has 0 saturated carbocycles. The molecule has 21 heavy (non-hydrogen) atoms. The van der Waals surface area contributed by atoms with Crippen LogP contribution in [0.2, 0.25) is 0 Å². The van der Waals surface area contributed by atoms with Gasteiger partial charge < -0.3 is 25.0 Å². The van der Waals surface area contributed by atoms with Gasteiger partial charge in [0.2, 0.25) is 5.91 Å². The lowest BCUT2D eigenvalue weighted by atomic mass is 10.2. The zero-order chi connectivity index (χ0) is 15.1. The molecule has 0 atom stereocenters. The highest BCUT2D eigenvalue weighted by Crippen LogP contribution is 2.12. The highest BCUT2D eigenvalue weighted by molar-refractivity contribution is 5.80. The predicted molar refractivity (Wildman–Crippen MR) is 76.9 cm³/mol. The molecule has 1 aromatic rings. The molecule has 0 radical (unpaired) electrons. The zero-order valence-electron chi connectivity index (χ0n) is 12.0. The van der Waals surface area contributed by atoms with Crippen LogP contribution in [0.1, 0.15) is 6.42 Å². The maximum Gasteiger partial charge on any atom is 0.225 e. The van der Waals surface area contributed by atoms with Crippen molar-refractivity contribution in [2.75, 3.05) is 44.2 Å². The van der Waals surface area contributed by atoms with Crippen LogP contribution in [0.25, 0.3) is 0 Å². The summed E-state index contributed by atoms with van der Waals surface area (Å²) in [5, 5.41) is 12.6. The number of para-hydroxylation sites is 1. The van der Waals surface area contributed by atoms with E-state index in [-0.39, 0.29) is 5.91 Å². The van der Waals surface area contributed by atoms with Gasteiger partial charge in [0.1, 0.15) is 0 Å². The minimum absolute atomic E-state index is 0.225. The Hall–Kier alpha value is -2.08. The Kier molecular flexibility index (Phi) is 5.57. The summed E-state index contributed by atoms with van der Waals surface area (Å²) in [5.74, 6) is -1.48. The molecule has 1 aliphatic heterocycles.